The Labute approximate surface area is 103 Å². The summed E-state index contributed by atoms with van der Waals surface area (Å²) in [5.74, 6) is 0.116. The first-order chi connectivity index (χ1) is 8.34. The maximum atomic E-state index is 11.3. The van der Waals surface area contributed by atoms with Crippen molar-refractivity contribution in [3.63, 3.8) is 0 Å². The zero-order valence-electron chi connectivity index (χ0n) is 10.5. The van der Waals surface area contributed by atoms with Crippen LogP contribution in [0.4, 0.5) is 0 Å². The number of rotatable bonds is 7. The van der Waals surface area contributed by atoms with Gasteiger partial charge in [0.25, 0.3) is 0 Å². The van der Waals surface area contributed by atoms with Crippen molar-refractivity contribution in [3.8, 4) is 0 Å². The maximum absolute atomic E-state index is 11.3. The molecular formula is C13H24N2O2. The highest BCUT2D eigenvalue weighted by Gasteiger charge is 2.22. The zero-order valence-corrected chi connectivity index (χ0v) is 10.5. The Morgan fingerprint density at radius 3 is 2.59 bits per heavy atom. The lowest BCUT2D eigenvalue weighted by molar-refractivity contribution is -0.120. The molecule has 0 aromatic rings. The van der Waals surface area contributed by atoms with E-state index in [2.05, 4.69) is 10.6 Å². The SMILES string of the molecule is O=C(CNCCOC1CCCCC1)NC1CC1. The molecule has 0 spiro atoms. The lowest BCUT2D eigenvalue weighted by Gasteiger charge is -2.21. The Morgan fingerprint density at radius 2 is 1.88 bits per heavy atom. The number of ether oxygens (including phenoxy) is 1. The molecule has 0 heterocycles. The molecule has 0 aromatic carbocycles. The first-order valence-corrected chi connectivity index (χ1v) is 6.96. The van der Waals surface area contributed by atoms with Crippen LogP contribution in [0.25, 0.3) is 0 Å². The number of amides is 1. The summed E-state index contributed by atoms with van der Waals surface area (Å²) in [5, 5.41) is 6.07. The Hall–Kier alpha value is -0.610. The van der Waals surface area contributed by atoms with Gasteiger partial charge >= 0.3 is 0 Å². The van der Waals surface area contributed by atoms with Crippen LogP contribution in [-0.4, -0.2) is 37.7 Å². The minimum absolute atomic E-state index is 0.116. The molecule has 1 amide bonds. The molecule has 0 aromatic heterocycles. The molecule has 2 aliphatic carbocycles. The quantitative estimate of drug-likeness (QED) is 0.658. The Bertz CT molecular complexity index is 236. The van der Waals surface area contributed by atoms with E-state index < -0.39 is 0 Å². The van der Waals surface area contributed by atoms with Crippen LogP contribution in [0.1, 0.15) is 44.9 Å². The summed E-state index contributed by atoms with van der Waals surface area (Å²) in [5.41, 5.74) is 0. The first kappa shape index (κ1) is 12.8. The molecule has 4 nitrogen and oxygen atoms in total. The smallest absolute Gasteiger partial charge is 0.234 e. The van der Waals surface area contributed by atoms with Gasteiger partial charge in [0.05, 0.1) is 19.3 Å². The number of carbonyl (C=O) groups is 1. The summed E-state index contributed by atoms with van der Waals surface area (Å²) in [7, 11) is 0. The van der Waals surface area contributed by atoms with Crippen LogP contribution in [0.5, 0.6) is 0 Å². The number of hydrogen-bond donors (Lipinski definition) is 2. The molecule has 2 fully saturated rings. The number of hydrogen-bond acceptors (Lipinski definition) is 3. The average Bonchev–Trinajstić information content (AvgIpc) is 3.14. The lowest BCUT2D eigenvalue weighted by Crippen LogP contribution is -2.36. The third kappa shape index (κ3) is 5.50. The van der Waals surface area contributed by atoms with Crippen molar-refractivity contribution >= 4 is 5.91 Å². The van der Waals surface area contributed by atoms with Gasteiger partial charge in [-0.3, -0.25) is 4.79 Å². The molecule has 4 heteroatoms. The average molecular weight is 240 g/mol. The van der Waals surface area contributed by atoms with Crippen LogP contribution in [0.15, 0.2) is 0 Å². The number of carbonyl (C=O) groups excluding carboxylic acids is 1. The van der Waals surface area contributed by atoms with E-state index in [1.807, 2.05) is 0 Å². The lowest BCUT2D eigenvalue weighted by atomic mass is 9.98. The van der Waals surface area contributed by atoms with E-state index in [0.29, 0.717) is 18.7 Å². The van der Waals surface area contributed by atoms with Crippen molar-refractivity contribution in [1.29, 1.82) is 0 Å². The predicted molar refractivity (Wildman–Crippen MR) is 66.9 cm³/mol. The largest absolute Gasteiger partial charge is 0.377 e. The molecule has 98 valence electrons. The standard InChI is InChI=1S/C13H24N2O2/c16-13(15-11-6-7-11)10-14-8-9-17-12-4-2-1-3-5-12/h11-12,14H,1-10H2,(H,15,16). The van der Waals surface area contributed by atoms with Gasteiger partial charge in [-0.15, -0.1) is 0 Å². The Balaban J connectivity index is 1.41. The molecule has 0 bridgehead atoms. The fourth-order valence-corrected chi connectivity index (χ4v) is 2.24. The second-order valence-corrected chi connectivity index (χ2v) is 5.15. The predicted octanol–water partition coefficient (Wildman–Crippen LogP) is 1.20. The van der Waals surface area contributed by atoms with Crippen LogP contribution in [0, 0.1) is 0 Å². The minimum atomic E-state index is 0.116. The van der Waals surface area contributed by atoms with Gasteiger partial charge in [0, 0.05) is 12.6 Å². The van der Waals surface area contributed by atoms with Gasteiger partial charge in [0.2, 0.25) is 5.91 Å². The van der Waals surface area contributed by atoms with Crippen molar-refractivity contribution in [3.05, 3.63) is 0 Å². The fraction of sp³-hybridized carbons (Fsp3) is 0.923. The summed E-state index contributed by atoms with van der Waals surface area (Å²) in [6, 6.07) is 0.461. The van der Waals surface area contributed by atoms with Crippen molar-refractivity contribution in [2.24, 2.45) is 0 Å². The third-order valence-electron chi connectivity index (χ3n) is 3.41. The minimum Gasteiger partial charge on any atom is -0.377 e. The van der Waals surface area contributed by atoms with Gasteiger partial charge in [0.1, 0.15) is 0 Å². The monoisotopic (exact) mass is 240 g/mol. The van der Waals surface area contributed by atoms with Crippen LogP contribution in [0.2, 0.25) is 0 Å². The van der Waals surface area contributed by atoms with Crippen LogP contribution >= 0.6 is 0 Å². The molecular weight excluding hydrogens is 216 g/mol. The van der Waals surface area contributed by atoms with E-state index in [0.717, 1.165) is 26.0 Å². The summed E-state index contributed by atoms with van der Waals surface area (Å²) in [6.07, 6.45) is 9.16. The number of nitrogens with one attached hydrogen (secondary N) is 2. The maximum Gasteiger partial charge on any atom is 0.234 e. The Morgan fingerprint density at radius 1 is 1.12 bits per heavy atom. The van der Waals surface area contributed by atoms with Crippen molar-refractivity contribution in [2.45, 2.75) is 57.1 Å². The summed E-state index contributed by atoms with van der Waals surface area (Å²) in [4.78, 5) is 11.3. The van der Waals surface area contributed by atoms with E-state index in [-0.39, 0.29) is 5.91 Å². The van der Waals surface area contributed by atoms with Gasteiger partial charge in [-0.25, -0.2) is 0 Å². The topological polar surface area (TPSA) is 50.4 Å². The van der Waals surface area contributed by atoms with Crippen molar-refractivity contribution in [1.82, 2.24) is 10.6 Å². The van der Waals surface area contributed by atoms with E-state index in [1.54, 1.807) is 0 Å². The molecule has 0 radical (unpaired) electrons. The fourth-order valence-electron chi connectivity index (χ4n) is 2.24. The van der Waals surface area contributed by atoms with E-state index >= 15 is 0 Å². The summed E-state index contributed by atoms with van der Waals surface area (Å²) in [6.45, 7) is 1.92. The molecule has 2 rings (SSSR count). The van der Waals surface area contributed by atoms with Crippen LogP contribution in [-0.2, 0) is 9.53 Å². The van der Waals surface area contributed by atoms with Gasteiger partial charge in [0.15, 0.2) is 0 Å². The van der Waals surface area contributed by atoms with Gasteiger partial charge in [-0.2, -0.15) is 0 Å². The van der Waals surface area contributed by atoms with Gasteiger partial charge in [-0.1, -0.05) is 19.3 Å². The molecule has 17 heavy (non-hydrogen) atoms. The molecule has 2 N–H and O–H groups in total. The van der Waals surface area contributed by atoms with Gasteiger partial charge < -0.3 is 15.4 Å². The Kier molecular flexibility index (Phi) is 5.26. The van der Waals surface area contributed by atoms with Crippen LogP contribution in [0.3, 0.4) is 0 Å². The van der Waals surface area contributed by atoms with E-state index in [9.17, 15) is 4.79 Å². The zero-order chi connectivity index (χ0) is 11.9. The molecule has 2 aliphatic rings. The van der Waals surface area contributed by atoms with Crippen LogP contribution < -0.4 is 10.6 Å². The highest BCUT2D eigenvalue weighted by atomic mass is 16.5. The molecule has 0 unspecified atom stereocenters. The highest BCUT2D eigenvalue weighted by molar-refractivity contribution is 5.78. The molecule has 0 atom stereocenters. The van der Waals surface area contributed by atoms with E-state index in [1.165, 1.54) is 32.1 Å². The second-order valence-electron chi connectivity index (χ2n) is 5.15. The third-order valence-corrected chi connectivity index (χ3v) is 3.41. The van der Waals surface area contributed by atoms with Crippen molar-refractivity contribution < 1.29 is 9.53 Å². The normalized spacial score (nSPS) is 21.4. The molecule has 2 saturated carbocycles. The van der Waals surface area contributed by atoms with E-state index in [4.69, 9.17) is 4.74 Å². The highest BCUT2D eigenvalue weighted by Crippen LogP contribution is 2.20. The summed E-state index contributed by atoms with van der Waals surface area (Å²) >= 11 is 0. The second kappa shape index (κ2) is 6.97. The summed E-state index contributed by atoms with van der Waals surface area (Å²) < 4.78 is 5.76. The van der Waals surface area contributed by atoms with Gasteiger partial charge in [-0.05, 0) is 25.7 Å². The van der Waals surface area contributed by atoms with Crippen molar-refractivity contribution in [2.75, 3.05) is 19.7 Å². The molecule has 0 aliphatic heterocycles. The molecule has 0 saturated heterocycles. The first-order valence-electron chi connectivity index (χ1n) is 6.96.